The van der Waals surface area contributed by atoms with E-state index >= 15 is 0 Å². The number of hydrogen-bond acceptors (Lipinski definition) is 3. The summed E-state index contributed by atoms with van der Waals surface area (Å²) in [4.78, 5) is 15.5. The molecule has 0 aromatic carbocycles. The van der Waals surface area contributed by atoms with E-state index in [-0.39, 0.29) is 11.7 Å². The van der Waals surface area contributed by atoms with Gasteiger partial charge in [0.2, 0.25) is 0 Å². The number of aromatic nitrogens is 2. The summed E-state index contributed by atoms with van der Waals surface area (Å²) < 4.78 is 0. The Morgan fingerprint density at radius 1 is 1.50 bits per heavy atom. The Hall–Kier alpha value is -1.65. The number of hydrogen-bond donors (Lipinski definition) is 2. The SMILES string of the molecule is CC(C)/N=C1\CCCc2[nH]nc(C(=O)O)c21. The second-order valence-electron chi connectivity index (χ2n) is 4.25. The lowest BCUT2D eigenvalue weighted by molar-refractivity contribution is 0.0690. The predicted octanol–water partition coefficient (Wildman–Crippen LogP) is 1.64. The summed E-state index contributed by atoms with van der Waals surface area (Å²) >= 11 is 0. The van der Waals surface area contributed by atoms with Crippen molar-refractivity contribution in [3.63, 3.8) is 0 Å². The van der Waals surface area contributed by atoms with Gasteiger partial charge in [0.1, 0.15) is 0 Å². The molecule has 0 radical (unpaired) electrons. The minimum atomic E-state index is -0.990. The van der Waals surface area contributed by atoms with E-state index in [0.29, 0.717) is 5.56 Å². The van der Waals surface area contributed by atoms with Crippen LogP contribution in [0, 0.1) is 0 Å². The van der Waals surface area contributed by atoms with Crippen LogP contribution in [-0.4, -0.2) is 33.0 Å². The molecule has 1 aromatic heterocycles. The second-order valence-corrected chi connectivity index (χ2v) is 4.25. The number of carboxylic acids is 1. The quantitative estimate of drug-likeness (QED) is 0.796. The lowest BCUT2D eigenvalue weighted by Crippen LogP contribution is -2.16. The Bertz CT molecular complexity index is 446. The van der Waals surface area contributed by atoms with Gasteiger partial charge in [0, 0.05) is 17.4 Å². The molecule has 0 unspecified atom stereocenters. The predicted molar refractivity (Wildman–Crippen MR) is 60.2 cm³/mol. The highest BCUT2D eigenvalue weighted by atomic mass is 16.4. The van der Waals surface area contributed by atoms with E-state index in [1.54, 1.807) is 0 Å². The summed E-state index contributed by atoms with van der Waals surface area (Å²) in [5.74, 6) is -0.990. The molecule has 0 saturated heterocycles. The maximum Gasteiger partial charge on any atom is 0.357 e. The molecule has 16 heavy (non-hydrogen) atoms. The molecular formula is C11H15N3O2. The molecule has 5 nitrogen and oxygen atoms in total. The van der Waals surface area contributed by atoms with E-state index in [4.69, 9.17) is 5.11 Å². The highest BCUT2D eigenvalue weighted by Gasteiger charge is 2.25. The third kappa shape index (κ3) is 1.85. The van der Waals surface area contributed by atoms with Gasteiger partial charge in [-0.3, -0.25) is 10.1 Å². The van der Waals surface area contributed by atoms with E-state index in [0.717, 1.165) is 30.7 Å². The van der Waals surface area contributed by atoms with Crippen LogP contribution in [0.4, 0.5) is 0 Å². The maximum absolute atomic E-state index is 11.0. The molecule has 5 heteroatoms. The summed E-state index contributed by atoms with van der Waals surface area (Å²) in [7, 11) is 0. The summed E-state index contributed by atoms with van der Waals surface area (Å²) in [6.45, 7) is 3.98. The minimum absolute atomic E-state index is 0.106. The Morgan fingerprint density at radius 2 is 2.25 bits per heavy atom. The zero-order chi connectivity index (χ0) is 11.7. The van der Waals surface area contributed by atoms with E-state index in [2.05, 4.69) is 15.2 Å². The highest BCUT2D eigenvalue weighted by molar-refractivity contribution is 6.09. The van der Waals surface area contributed by atoms with E-state index in [1.807, 2.05) is 13.8 Å². The van der Waals surface area contributed by atoms with Crippen molar-refractivity contribution in [2.45, 2.75) is 39.2 Å². The van der Waals surface area contributed by atoms with Crippen LogP contribution in [0.5, 0.6) is 0 Å². The van der Waals surface area contributed by atoms with Crippen molar-refractivity contribution in [2.24, 2.45) is 4.99 Å². The molecule has 2 rings (SSSR count). The van der Waals surface area contributed by atoms with Crippen LogP contribution in [0.3, 0.4) is 0 Å². The van der Waals surface area contributed by atoms with E-state index < -0.39 is 5.97 Å². The number of nitrogens with zero attached hydrogens (tertiary/aromatic N) is 2. The second kappa shape index (κ2) is 4.08. The molecule has 1 heterocycles. The van der Waals surface area contributed by atoms with Gasteiger partial charge in [0.15, 0.2) is 5.69 Å². The molecule has 0 bridgehead atoms. The summed E-state index contributed by atoms with van der Waals surface area (Å²) in [5.41, 5.74) is 2.60. The number of rotatable bonds is 2. The fourth-order valence-electron chi connectivity index (χ4n) is 2.02. The first-order valence-corrected chi connectivity index (χ1v) is 5.47. The van der Waals surface area contributed by atoms with Crippen molar-refractivity contribution in [3.05, 3.63) is 17.0 Å². The molecule has 86 valence electrons. The largest absolute Gasteiger partial charge is 0.476 e. The molecule has 1 aliphatic rings. The van der Waals surface area contributed by atoms with Crippen molar-refractivity contribution in [1.29, 1.82) is 0 Å². The number of carboxylic acid groups (broad SMARTS) is 1. The number of aliphatic imine (C=N–C) groups is 1. The van der Waals surface area contributed by atoms with Gasteiger partial charge in [-0.2, -0.15) is 5.10 Å². The first-order chi connectivity index (χ1) is 7.59. The smallest absolute Gasteiger partial charge is 0.357 e. The molecule has 2 N–H and O–H groups in total. The van der Waals surface area contributed by atoms with Gasteiger partial charge >= 0.3 is 5.97 Å². The highest BCUT2D eigenvalue weighted by Crippen LogP contribution is 2.23. The average Bonchev–Trinajstić information content (AvgIpc) is 2.61. The molecule has 1 aromatic rings. The fraction of sp³-hybridized carbons (Fsp3) is 0.545. The third-order valence-corrected chi connectivity index (χ3v) is 2.59. The van der Waals surface area contributed by atoms with Gasteiger partial charge in [0.25, 0.3) is 0 Å². The van der Waals surface area contributed by atoms with Crippen LogP contribution < -0.4 is 0 Å². The van der Waals surface area contributed by atoms with Gasteiger partial charge in [-0.1, -0.05) is 0 Å². The monoisotopic (exact) mass is 221 g/mol. The number of aryl methyl sites for hydroxylation is 1. The molecule has 0 spiro atoms. The standard InChI is InChI=1S/C11H15N3O2/c1-6(2)12-7-4-3-5-8-9(7)10(11(15)16)14-13-8/h6H,3-5H2,1-2H3,(H,13,14)(H,15,16)/b12-7+. The molecule has 1 aliphatic carbocycles. The lowest BCUT2D eigenvalue weighted by Gasteiger charge is -2.14. The van der Waals surface area contributed by atoms with Crippen LogP contribution in [0.15, 0.2) is 4.99 Å². The number of carbonyl (C=O) groups is 1. The summed E-state index contributed by atoms with van der Waals surface area (Å²) in [5, 5.41) is 15.7. The number of nitrogens with one attached hydrogen (secondary N) is 1. The van der Waals surface area contributed by atoms with Gasteiger partial charge < -0.3 is 5.11 Å². The van der Waals surface area contributed by atoms with Crippen LogP contribution in [0.1, 0.15) is 48.4 Å². The van der Waals surface area contributed by atoms with Crippen LogP contribution >= 0.6 is 0 Å². The number of aromatic amines is 1. The number of fused-ring (bicyclic) bond motifs is 1. The topological polar surface area (TPSA) is 78.3 Å². The van der Waals surface area contributed by atoms with Crippen LogP contribution in [0.2, 0.25) is 0 Å². The molecule has 0 fully saturated rings. The zero-order valence-electron chi connectivity index (χ0n) is 9.45. The molecule has 0 aliphatic heterocycles. The Kier molecular flexibility index (Phi) is 2.77. The molecule has 0 atom stereocenters. The number of aromatic carboxylic acids is 1. The lowest BCUT2D eigenvalue weighted by atomic mass is 9.93. The zero-order valence-corrected chi connectivity index (χ0v) is 9.45. The minimum Gasteiger partial charge on any atom is -0.476 e. The molecule has 0 amide bonds. The van der Waals surface area contributed by atoms with Gasteiger partial charge in [-0.15, -0.1) is 0 Å². The Labute approximate surface area is 93.6 Å². The average molecular weight is 221 g/mol. The van der Waals surface area contributed by atoms with Crippen molar-refractivity contribution < 1.29 is 9.90 Å². The molecule has 0 saturated carbocycles. The van der Waals surface area contributed by atoms with E-state index in [9.17, 15) is 4.79 Å². The summed E-state index contributed by atoms with van der Waals surface area (Å²) in [6.07, 6.45) is 2.69. The maximum atomic E-state index is 11.0. The van der Waals surface area contributed by atoms with Crippen LogP contribution in [0.25, 0.3) is 0 Å². The summed E-state index contributed by atoms with van der Waals surface area (Å²) in [6, 6.07) is 0.178. The third-order valence-electron chi connectivity index (χ3n) is 2.59. The molecular weight excluding hydrogens is 206 g/mol. The van der Waals surface area contributed by atoms with Crippen LogP contribution in [-0.2, 0) is 6.42 Å². The Morgan fingerprint density at radius 3 is 2.88 bits per heavy atom. The van der Waals surface area contributed by atoms with Gasteiger partial charge in [-0.25, -0.2) is 4.79 Å². The Balaban J connectivity index is 2.51. The van der Waals surface area contributed by atoms with Crippen molar-refractivity contribution in [3.8, 4) is 0 Å². The first kappa shape index (κ1) is 10.9. The van der Waals surface area contributed by atoms with Crippen molar-refractivity contribution in [2.75, 3.05) is 0 Å². The van der Waals surface area contributed by atoms with Gasteiger partial charge in [0.05, 0.1) is 5.56 Å². The van der Waals surface area contributed by atoms with Crippen molar-refractivity contribution >= 4 is 11.7 Å². The normalized spacial score (nSPS) is 17.8. The van der Waals surface area contributed by atoms with E-state index in [1.165, 1.54) is 0 Å². The van der Waals surface area contributed by atoms with Gasteiger partial charge in [-0.05, 0) is 33.1 Å². The fourth-order valence-corrected chi connectivity index (χ4v) is 2.02. The number of H-pyrrole nitrogens is 1. The first-order valence-electron chi connectivity index (χ1n) is 5.47. The van der Waals surface area contributed by atoms with Crippen molar-refractivity contribution in [1.82, 2.24) is 10.2 Å².